The summed E-state index contributed by atoms with van der Waals surface area (Å²) >= 11 is 0. The molecule has 1 atom stereocenters. The van der Waals surface area contributed by atoms with Crippen LogP contribution in [0.15, 0.2) is 18.2 Å². The highest BCUT2D eigenvalue weighted by Crippen LogP contribution is 2.27. The molecule has 1 aliphatic heterocycles. The van der Waals surface area contributed by atoms with Crippen LogP contribution in [-0.2, 0) is 6.42 Å². The van der Waals surface area contributed by atoms with Gasteiger partial charge in [-0.1, -0.05) is 13.8 Å². The smallest absolute Gasteiger partial charge is 0.119 e. The summed E-state index contributed by atoms with van der Waals surface area (Å²) in [4.78, 5) is 2.66. The van der Waals surface area contributed by atoms with Gasteiger partial charge in [0.1, 0.15) is 5.75 Å². The van der Waals surface area contributed by atoms with Gasteiger partial charge in [0.05, 0.1) is 7.11 Å². The van der Waals surface area contributed by atoms with Crippen LogP contribution in [0.3, 0.4) is 0 Å². The molecule has 1 heterocycles. The van der Waals surface area contributed by atoms with Gasteiger partial charge >= 0.3 is 0 Å². The second-order valence-corrected chi connectivity index (χ2v) is 5.63. The molecule has 0 radical (unpaired) electrons. The maximum absolute atomic E-state index is 5.37. The van der Waals surface area contributed by atoms with Crippen LogP contribution in [0.5, 0.6) is 5.75 Å². The fourth-order valence-corrected chi connectivity index (χ4v) is 3.13. The maximum Gasteiger partial charge on any atom is 0.119 e. The summed E-state index contributed by atoms with van der Waals surface area (Å²) in [5.41, 5.74) is 2.67. The second-order valence-electron chi connectivity index (χ2n) is 5.63. The van der Waals surface area contributed by atoms with Gasteiger partial charge in [0.25, 0.3) is 0 Å². The van der Waals surface area contributed by atoms with Crippen molar-refractivity contribution >= 4 is 5.69 Å². The number of hydrogen-bond acceptors (Lipinski definition) is 3. The second kappa shape index (κ2) is 7.53. The van der Waals surface area contributed by atoms with E-state index in [1.54, 1.807) is 7.11 Å². The van der Waals surface area contributed by atoms with E-state index in [1.807, 2.05) is 6.07 Å². The van der Waals surface area contributed by atoms with E-state index in [4.69, 9.17) is 4.74 Å². The highest BCUT2D eigenvalue weighted by molar-refractivity contribution is 5.55. The number of anilines is 1. The average molecular weight is 276 g/mol. The number of fused-ring (bicyclic) bond motifs is 1. The van der Waals surface area contributed by atoms with Crippen LogP contribution in [0, 0.1) is 0 Å². The fourth-order valence-electron chi connectivity index (χ4n) is 3.13. The van der Waals surface area contributed by atoms with Gasteiger partial charge in [0.2, 0.25) is 0 Å². The van der Waals surface area contributed by atoms with Gasteiger partial charge < -0.3 is 15.0 Å². The lowest BCUT2D eigenvalue weighted by molar-refractivity contribution is 0.189. The van der Waals surface area contributed by atoms with Gasteiger partial charge in [-0.2, -0.15) is 0 Å². The Labute approximate surface area is 123 Å². The van der Waals surface area contributed by atoms with Gasteiger partial charge in [-0.3, -0.25) is 0 Å². The van der Waals surface area contributed by atoms with E-state index in [9.17, 15) is 0 Å². The zero-order valence-corrected chi connectivity index (χ0v) is 13.1. The van der Waals surface area contributed by atoms with Gasteiger partial charge in [0.15, 0.2) is 0 Å². The number of nitrogens with one attached hydrogen (secondary N) is 1. The summed E-state index contributed by atoms with van der Waals surface area (Å²) in [6, 6.07) is 7.04. The van der Waals surface area contributed by atoms with Crippen molar-refractivity contribution < 1.29 is 4.74 Å². The Morgan fingerprint density at radius 1 is 1.25 bits per heavy atom. The molecule has 0 saturated carbocycles. The quantitative estimate of drug-likeness (QED) is 0.860. The molecule has 3 nitrogen and oxygen atoms in total. The minimum Gasteiger partial charge on any atom is -0.497 e. The zero-order chi connectivity index (χ0) is 14.4. The lowest BCUT2D eigenvalue weighted by Crippen LogP contribution is -2.38. The number of benzene rings is 1. The molecule has 1 aromatic carbocycles. The van der Waals surface area contributed by atoms with E-state index in [1.165, 1.54) is 43.6 Å². The minimum absolute atomic E-state index is 0.649. The van der Waals surface area contributed by atoms with E-state index in [0.29, 0.717) is 6.04 Å². The molecule has 0 saturated heterocycles. The van der Waals surface area contributed by atoms with Crippen molar-refractivity contribution in [1.29, 1.82) is 0 Å². The largest absolute Gasteiger partial charge is 0.497 e. The van der Waals surface area contributed by atoms with Crippen LogP contribution in [0.4, 0.5) is 5.69 Å². The standard InChI is InChI=1S/C17H28N2O/c1-4-10-19(11-5-2)15-8-9-18-17-7-6-16(20-3)13-14(17)12-15/h6-7,13,15,18H,4-5,8-12H2,1-3H3. The van der Waals surface area contributed by atoms with Gasteiger partial charge in [-0.05, 0) is 62.5 Å². The molecule has 1 N–H and O–H groups in total. The van der Waals surface area contributed by atoms with Crippen LogP contribution in [-0.4, -0.2) is 37.7 Å². The van der Waals surface area contributed by atoms with Gasteiger partial charge in [-0.25, -0.2) is 0 Å². The molecule has 2 rings (SSSR count). The summed E-state index contributed by atoms with van der Waals surface area (Å²) in [7, 11) is 1.74. The molecule has 1 unspecified atom stereocenters. The molecule has 1 aliphatic rings. The Balaban J connectivity index is 2.16. The van der Waals surface area contributed by atoms with Crippen LogP contribution in [0.25, 0.3) is 0 Å². The Morgan fingerprint density at radius 2 is 2.00 bits per heavy atom. The molecular formula is C17H28N2O. The first-order valence-corrected chi connectivity index (χ1v) is 7.93. The Bertz CT molecular complexity index is 413. The monoisotopic (exact) mass is 276 g/mol. The molecule has 0 bridgehead atoms. The number of hydrogen-bond donors (Lipinski definition) is 1. The van der Waals surface area contributed by atoms with E-state index >= 15 is 0 Å². The first-order chi connectivity index (χ1) is 9.78. The van der Waals surface area contributed by atoms with Crippen molar-refractivity contribution in [2.45, 2.75) is 45.6 Å². The van der Waals surface area contributed by atoms with E-state index in [0.717, 1.165) is 18.7 Å². The third kappa shape index (κ3) is 3.66. The van der Waals surface area contributed by atoms with Gasteiger partial charge in [0, 0.05) is 18.3 Å². The normalized spacial score (nSPS) is 18.3. The molecular weight excluding hydrogens is 248 g/mol. The van der Waals surface area contributed by atoms with Crippen LogP contribution < -0.4 is 10.1 Å². The minimum atomic E-state index is 0.649. The molecule has 0 aliphatic carbocycles. The number of nitrogens with zero attached hydrogens (tertiary/aromatic N) is 1. The Kier molecular flexibility index (Phi) is 5.72. The first kappa shape index (κ1) is 15.2. The van der Waals surface area contributed by atoms with Crippen molar-refractivity contribution in [3.05, 3.63) is 23.8 Å². The lowest BCUT2D eigenvalue weighted by atomic mass is 10.0. The number of ether oxygens (including phenoxy) is 1. The van der Waals surface area contributed by atoms with Crippen molar-refractivity contribution in [3.8, 4) is 5.75 Å². The van der Waals surface area contributed by atoms with Gasteiger partial charge in [-0.15, -0.1) is 0 Å². The molecule has 0 amide bonds. The Morgan fingerprint density at radius 3 is 2.65 bits per heavy atom. The number of methoxy groups -OCH3 is 1. The molecule has 112 valence electrons. The highest BCUT2D eigenvalue weighted by Gasteiger charge is 2.21. The van der Waals surface area contributed by atoms with Crippen LogP contribution >= 0.6 is 0 Å². The molecule has 20 heavy (non-hydrogen) atoms. The third-order valence-corrected chi connectivity index (χ3v) is 4.10. The topological polar surface area (TPSA) is 24.5 Å². The molecule has 0 spiro atoms. The first-order valence-electron chi connectivity index (χ1n) is 7.93. The summed E-state index contributed by atoms with van der Waals surface area (Å²) in [6.45, 7) is 8.02. The predicted octanol–water partition coefficient (Wildman–Crippen LogP) is 3.54. The number of rotatable bonds is 6. The molecule has 1 aromatic rings. The van der Waals surface area contributed by atoms with Crippen LogP contribution in [0.2, 0.25) is 0 Å². The van der Waals surface area contributed by atoms with E-state index in [2.05, 4.69) is 36.2 Å². The maximum atomic E-state index is 5.37. The van der Waals surface area contributed by atoms with E-state index < -0.39 is 0 Å². The van der Waals surface area contributed by atoms with Crippen LogP contribution in [0.1, 0.15) is 38.7 Å². The van der Waals surface area contributed by atoms with Crippen molar-refractivity contribution in [3.63, 3.8) is 0 Å². The van der Waals surface area contributed by atoms with Crippen molar-refractivity contribution in [2.24, 2.45) is 0 Å². The summed E-state index contributed by atoms with van der Waals surface area (Å²) in [5, 5.41) is 3.56. The van der Waals surface area contributed by atoms with Crippen molar-refractivity contribution in [1.82, 2.24) is 4.90 Å². The zero-order valence-electron chi connectivity index (χ0n) is 13.1. The van der Waals surface area contributed by atoms with Crippen molar-refractivity contribution in [2.75, 3.05) is 32.1 Å². The average Bonchev–Trinajstić information content (AvgIpc) is 2.68. The highest BCUT2D eigenvalue weighted by atomic mass is 16.5. The van der Waals surface area contributed by atoms with E-state index in [-0.39, 0.29) is 0 Å². The molecule has 0 fully saturated rings. The SMILES string of the molecule is CCCN(CCC)C1CCNc2ccc(OC)cc2C1. The fraction of sp³-hybridized carbons (Fsp3) is 0.647. The molecule has 3 heteroatoms. The predicted molar refractivity (Wildman–Crippen MR) is 85.7 cm³/mol. The summed E-state index contributed by atoms with van der Waals surface area (Å²) in [5.74, 6) is 0.962. The lowest BCUT2D eigenvalue weighted by Gasteiger charge is -2.30. The summed E-state index contributed by atoms with van der Waals surface area (Å²) in [6.07, 6.45) is 4.81. The summed E-state index contributed by atoms with van der Waals surface area (Å²) < 4.78 is 5.37. The molecule has 0 aromatic heterocycles. The third-order valence-electron chi connectivity index (χ3n) is 4.10. The Hall–Kier alpha value is -1.22.